The van der Waals surface area contributed by atoms with Gasteiger partial charge in [0.1, 0.15) is 5.75 Å². The Morgan fingerprint density at radius 1 is 0.607 bits per heavy atom. The quantitative estimate of drug-likeness (QED) is 0.451. The first kappa shape index (κ1) is 19.8. The summed E-state index contributed by atoms with van der Waals surface area (Å²) in [4.78, 5) is 0. The van der Waals surface area contributed by atoms with Crippen molar-refractivity contribution in [2.24, 2.45) is 0 Å². The third-order valence-corrected chi connectivity index (χ3v) is 4.94. The summed E-state index contributed by atoms with van der Waals surface area (Å²) in [5.74, 6) is 1.70. The minimum atomic E-state index is 0.440. The van der Waals surface area contributed by atoms with Gasteiger partial charge in [0.25, 0.3) is 0 Å². The Labute approximate surface area is 168 Å². The van der Waals surface area contributed by atoms with Crippen LogP contribution in [0.1, 0.15) is 50.7 Å². The highest BCUT2D eigenvalue weighted by atomic mass is 16.5. The molecule has 3 nitrogen and oxygen atoms in total. The van der Waals surface area contributed by atoms with E-state index in [1.165, 1.54) is 16.8 Å². The van der Waals surface area contributed by atoms with Crippen molar-refractivity contribution in [1.29, 1.82) is 0 Å². The van der Waals surface area contributed by atoms with Gasteiger partial charge in [-0.1, -0.05) is 70.2 Å². The van der Waals surface area contributed by atoms with Crippen molar-refractivity contribution < 1.29 is 4.74 Å². The Hall–Kier alpha value is -2.94. The maximum Gasteiger partial charge on any atom is 0.142 e. The molecule has 0 heterocycles. The van der Waals surface area contributed by atoms with Crippen molar-refractivity contribution >= 4 is 22.7 Å². The van der Waals surface area contributed by atoms with Crippen LogP contribution in [0.2, 0.25) is 0 Å². The van der Waals surface area contributed by atoms with E-state index in [-0.39, 0.29) is 0 Å². The summed E-state index contributed by atoms with van der Waals surface area (Å²) < 4.78 is 5.49. The smallest absolute Gasteiger partial charge is 0.142 e. The van der Waals surface area contributed by atoms with Crippen LogP contribution >= 0.6 is 0 Å². The maximum atomic E-state index is 5.49. The van der Waals surface area contributed by atoms with Gasteiger partial charge in [-0.05, 0) is 47.2 Å². The first-order valence-electron chi connectivity index (χ1n) is 9.90. The monoisotopic (exact) mass is 374 g/mol. The lowest BCUT2D eigenvalue weighted by Crippen LogP contribution is -2.05. The van der Waals surface area contributed by atoms with E-state index < -0.39 is 0 Å². The fourth-order valence-corrected chi connectivity index (χ4v) is 3.42. The Morgan fingerprint density at radius 2 is 1.11 bits per heavy atom. The zero-order valence-corrected chi connectivity index (χ0v) is 17.4. The van der Waals surface area contributed by atoms with Gasteiger partial charge in [0.2, 0.25) is 0 Å². The molecule has 3 aromatic rings. The predicted molar refractivity (Wildman–Crippen MR) is 121 cm³/mol. The summed E-state index contributed by atoms with van der Waals surface area (Å²) in [5, 5.41) is 7.25. The molecule has 0 saturated carbocycles. The van der Waals surface area contributed by atoms with Crippen molar-refractivity contribution in [1.82, 2.24) is 0 Å². The van der Waals surface area contributed by atoms with E-state index in [0.717, 1.165) is 22.8 Å². The summed E-state index contributed by atoms with van der Waals surface area (Å²) in [7, 11) is 1.69. The molecule has 2 N–H and O–H groups in total. The third kappa shape index (κ3) is 4.30. The molecule has 28 heavy (non-hydrogen) atoms. The highest BCUT2D eigenvalue weighted by Crippen LogP contribution is 2.37. The third-order valence-electron chi connectivity index (χ3n) is 4.94. The predicted octanol–water partition coefficient (Wildman–Crippen LogP) is 7.43. The molecule has 0 aromatic heterocycles. The highest BCUT2D eigenvalue weighted by Gasteiger charge is 2.15. The second kappa shape index (κ2) is 8.83. The molecule has 0 spiro atoms. The van der Waals surface area contributed by atoms with Crippen molar-refractivity contribution in [3.63, 3.8) is 0 Å². The SMILES string of the molecule is COc1ccccc1Nc1ccccc1Nc1c(C(C)C)cccc1C(C)C. The Morgan fingerprint density at radius 3 is 1.64 bits per heavy atom. The van der Waals surface area contributed by atoms with E-state index in [2.05, 4.69) is 74.7 Å². The van der Waals surface area contributed by atoms with Gasteiger partial charge in [-0.2, -0.15) is 0 Å². The zero-order valence-electron chi connectivity index (χ0n) is 17.4. The minimum Gasteiger partial charge on any atom is -0.495 e. The molecule has 0 amide bonds. The van der Waals surface area contributed by atoms with Crippen LogP contribution in [0.4, 0.5) is 22.7 Å². The summed E-state index contributed by atoms with van der Waals surface area (Å²) in [5.41, 5.74) is 6.88. The lowest BCUT2D eigenvalue weighted by molar-refractivity contribution is 0.417. The molecule has 0 atom stereocenters. The number of anilines is 4. The molecule has 3 heteroatoms. The lowest BCUT2D eigenvalue weighted by atomic mass is 9.92. The van der Waals surface area contributed by atoms with Crippen LogP contribution in [0.5, 0.6) is 5.75 Å². The van der Waals surface area contributed by atoms with Gasteiger partial charge in [0.15, 0.2) is 0 Å². The Balaban J connectivity index is 2.01. The van der Waals surface area contributed by atoms with E-state index >= 15 is 0 Å². The van der Waals surface area contributed by atoms with Gasteiger partial charge in [0.05, 0.1) is 24.2 Å². The summed E-state index contributed by atoms with van der Waals surface area (Å²) in [6, 6.07) is 22.9. The zero-order chi connectivity index (χ0) is 20.1. The molecule has 0 aliphatic carbocycles. The largest absolute Gasteiger partial charge is 0.495 e. The van der Waals surface area contributed by atoms with Gasteiger partial charge < -0.3 is 15.4 Å². The first-order valence-corrected chi connectivity index (χ1v) is 9.90. The fraction of sp³-hybridized carbons (Fsp3) is 0.280. The molecule has 0 radical (unpaired) electrons. The highest BCUT2D eigenvalue weighted by molar-refractivity contribution is 5.81. The second-order valence-corrected chi connectivity index (χ2v) is 7.62. The van der Waals surface area contributed by atoms with Crippen molar-refractivity contribution in [3.8, 4) is 5.75 Å². The van der Waals surface area contributed by atoms with E-state index in [9.17, 15) is 0 Å². The van der Waals surface area contributed by atoms with Gasteiger partial charge >= 0.3 is 0 Å². The molecule has 3 rings (SSSR count). The van der Waals surface area contributed by atoms with Gasteiger partial charge in [-0.25, -0.2) is 0 Å². The van der Waals surface area contributed by atoms with E-state index in [1.54, 1.807) is 7.11 Å². The van der Waals surface area contributed by atoms with E-state index in [0.29, 0.717) is 11.8 Å². The van der Waals surface area contributed by atoms with Crippen LogP contribution < -0.4 is 15.4 Å². The maximum absolute atomic E-state index is 5.49. The van der Waals surface area contributed by atoms with Crippen LogP contribution in [-0.2, 0) is 0 Å². The lowest BCUT2D eigenvalue weighted by Gasteiger charge is -2.23. The van der Waals surface area contributed by atoms with E-state index in [4.69, 9.17) is 4.74 Å². The number of nitrogens with one attached hydrogen (secondary N) is 2. The van der Waals surface area contributed by atoms with Crippen LogP contribution in [0.3, 0.4) is 0 Å². The molecular weight excluding hydrogens is 344 g/mol. The van der Waals surface area contributed by atoms with Crippen LogP contribution in [-0.4, -0.2) is 7.11 Å². The molecule has 3 aromatic carbocycles. The van der Waals surface area contributed by atoms with Gasteiger partial charge in [0, 0.05) is 5.69 Å². The average Bonchev–Trinajstić information content (AvgIpc) is 2.69. The first-order chi connectivity index (χ1) is 13.5. The molecule has 0 bridgehead atoms. The fourth-order valence-electron chi connectivity index (χ4n) is 3.42. The van der Waals surface area contributed by atoms with Crippen LogP contribution in [0.15, 0.2) is 66.7 Å². The molecule has 0 unspecified atom stereocenters. The molecular formula is C25H30N2O. The molecule has 0 aliphatic rings. The number of para-hydroxylation sites is 5. The number of benzene rings is 3. The van der Waals surface area contributed by atoms with E-state index in [1.807, 2.05) is 30.3 Å². The normalized spacial score (nSPS) is 11.0. The Kier molecular flexibility index (Phi) is 6.25. The molecule has 0 saturated heterocycles. The molecule has 0 aliphatic heterocycles. The summed E-state index contributed by atoms with van der Waals surface area (Å²) >= 11 is 0. The number of ether oxygens (including phenoxy) is 1. The minimum absolute atomic E-state index is 0.440. The molecule has 146 valence electrons. The number of hydrogen-bond acceptors (Lipinski definition) is 3. The van der Waals surface area contributed by atoms with Crippen molar-refractivity contribution in [3.05, 3.63) is 77.9 Å². The van der Waals surface area contributed by atoms with Crippen molar-refractivity contribution in [2.75, 3.05) is 17.7 Å². The average molecular weight is 375 g/mol. The van der Waals surface area contributed by atoms with Crippen molar-refractivity contribution in [2.45, 2.75) is 39.5 Å². The summed E-state index contributed by atoms with van der Waals surface area (Å²) in [6.45, 7) is 8.96. The molecule has 0 fully saturated rings. The number of methoxy groups -OCH3 is 1. The number of rotatable bonds is 7. The van der Waals surface area contributed by atoms with Crippen LogP contribution in [0.25, 0.3) is 0 Å². The standard InChI is InChI=1S/C25H30N2O/c1-17(2)19-11-10-12-20(18(3)4)25(19)27-22-14-7-6-13-21(22)26-23-15-8-9-16-24(23)28-5/h6-18,26-27H,1-5H3. The number of hydrogen-bond donors (Lipinski definition) is 2. The topological polar surface area (TPSA) is 33.3 Å². The Bertz CT molecular complexity index is 905. The second-order valence-electron chi connectivity index (χ2n) is 7.62. The summed E-state index contributed by atoms with van der Waals surface area (Å²) in [6.07, 6.45) is 0. The van der Waals surface area contributed by atoms with Gasteiger partial charge in [-0.3, -0.25) is 0 Å². The van der Waals surface area contributed by atoms with Gasteiger partial charge in [-0.15, -0.1) is 0 Å². The van der Waals surface area contributed by atoms with Crippen LogP contribution in [0, 0.1) is 0 Å².